The van der Waals surface area contributed by atoms with Crippen molar-refractivity contribution in [3.63, 3.8) is 0 Å². The second kappa shape index (κ2) is 7.53. The normalized spacial score (nSPS) is 15.4. The summed E-state index contributed by atoms with van der Waals surface area (Å²) in [5.74, 6) is -0.0978. The molecule has 1 aliphatic rings. The number of hydrogen-bond acceptors (Lipinski definition) is 4. The number of amides is 1. The van der Waals surface area contributed by atoms with Gasteiger partial charge in [-0.2, -0.15) is 13.2 Å². The standard InChI is InChI=1S/C19H16ClF3N4OS/c1-11(17(28)26-7-6-12-4-2-3-5-13(12)9-26)29-18-25-24-16-15(20)8-14(10-27(16)18)19(21,22)23/h2-5,8,10-11H,6-7,9H2,1H3. The molecule has 0 spiro atoms. The van der Waals surface area contributed by atoms with Crippen molar-refractivity contribution in [3.05, 3.63) is 58.2 Å². The number of alkyl halides is 3. The number of thioether (sulfide) groups is 1. The van der Waals surface area contributed by atoms with Crippen LogP contribution in [-0.4, -0.2) is 37.2 Å². The molecule has 1 amide bonds. The maximum absolute atomic E-state index is 13.1. The monoisotopic (exact) mass is 440 g/mol. The molecule has 3 heterocycles. The van der Waals surface area contributed by atoms with Gasteiger partial charge in [0.2, 0.25) is 5.91 Å². The van der Waals surface area contributed by atoms with E-state index < -0.39 is 17.0 Å². The first-order chi connectivity index (χ1) is 13.7. The Morgan fingerprint density at radius 2 is 1.97 bits per heavy atom. The topological polar surface area (TPSA) is 50.5 Å². The highest BCUT2D eigenvalue weighted by Crippen LogP contribution is 2.34. The molecule has 5 nitrogen and oxygen atoms in total. The third kappa shape index (κ3) is 3.93. The molecule has 1 unspecified atom stereocenters. The first kappa shape index (κ1) is 20.0. The first-order valence-corrected chi connectivity index (χ1v) is 10.1. The van der Waals surface area contributed by atoms with Crippen LogP contribution >= 0.6 is 23.4 Å². The molecule has 0 N–H and O–H groups in total. The van der Waals surface area contributed by atoms with Gasteiger partial charge in [-0.3, -0.25) is 9.20 Å². The SMILES string of the molecule is CC(Sc1nnc2c(Cl)cc(C(F)(F)F)cn12)C(=O)N1CCc2ccccc2C1. The van der Waals surface area contributed by atoms with Gasteiger partial charge in [0.05, 0.1) is 15.8 Å². The lowest BCUT2D eigenvalue weighted by molar-refractivity contribution is -0.138. The van der Waals surface area contributed by atoms with Crippen LogP contribution in [-0.2, 0) is 23.9 Å². The van der Waals surface area contributed by atoms with Crippen LogP contribution in [0, 0.1) is 0 Å². The van der Waals surface area contributed by atoms with E-state index in [9.17, 15) is 18.0 Å². The van der Waals surface area contributed by atoms with Gasteiger partial charge in [-0.05, 0) is 30.5 Å². The fraction of sp³-hybridized carbons (Fsp3) is 0.316. The maximum atomic E-state index is 13.1. The van der Waals surface area contributed by atoms with Crippen molar-refractivity contribution < 1.29 is 18.0 Å². The van der Waals surface area contributed by atoms with Crippen molar-refractivity contribution in [1.82, 2.24) is 19.5 Å². The van der Waals surface area contributed by atoms with Crippen LogP contribution in [0.15, 0.2) is 41.7 Å². The van der Waals surface area contributed by atoms with Gasteiger partial charge < -0.3 is 4.90 Å². The predicted octanol–water partition coefficient (Wildman–Crippen LogP) is 4.47. The fourth-order valence-electron chi connectivity index (χ4n) is 3.32. The lowest BCUT2D eigenvalue weighted by Crippen LogP contribution is -2.40. The quantitative estimate of drug-likeness (QED) is 0.564. The van der Waals surface area contributed by atoms with Gasteiger partial charge in [0.25, 0.3) is 0 Å². The molecule has 0 bridgehead atoms. The Bertz CT molecular complexity index is 1080. The number of fused-ring (bicyclic) bond motifs is 2. The molecule has 1 aromatic carbocycles. The molecule has 0 saturated heterocycles. The number of benzene rings is 1. The fourth-order valence-corrected chi connectivity index (χ4v) is 4.47. The van der Waals surface area contributed by atoms with E-state index in [1.165, 1.54) is 9.96 Å². The van der Waals surface area contributed by atoms with Crippen molar-refractivity contribution >= 4 is 34.9 Å². The van der Waals surface area contributed by atoms with Gasteiger partial charge in [0.1, 0.15) is 0 Å². The third-order valence-corrected chi connectivity index (χ3v) is 6.15. The summed E-state index contributed by atoms with van der Waals surface area (Å²) >= 11 is 7.01. The molecule has 152 valence electrons. The smallest absolute Gasteiger partial charge is 0.337 e. The van der Waals surface area contributed by atoms with Gasteiger partial charge in [0, 0.05) is 19.3 Å². The summed E-state index contributed by atoms with van der Waals surface area (Å²) in [5, 5.41) is 7.30. The molecule has 3 aromatic rings. The van der Waals surface area contributed by atoms with Crippen LogP contribution < -0.4 is 0 Å². The Morgan fingerprint density at radius 1 is 1.24 bits per heavy atom. The van der Waals surface area contributed by atoms with Crippen molar-refractivity contribution in [2.75, 3.05) is 6.54 Å². The second-order valence-corrected chi connectivity index (χ2v) is 8.50. The van der Waals surface area contributed by atoms with Gasteiger partial charge in [0.15, 0.2) is 10.8 Å². The van der Waals surface area contributed by atoms with Crippen LogP contribution in [0.4, 0.5) is 13.2 Å². The summed E-state index contributed by atoms with van der Waals surface area (Å²) in [5.41, 5.74) is 1.56. The van der Waals surface area contributed by atoms with E-state index in [-0.39, 0.29) is 21.7 Å². The number of carbonyl (C=O) groups is 1. The van der Waals surface area contributed by atoms with Crippen molar-refractivity contribution in [1.29, 1.82) is 0 Å². The molecule has 0 radical (unpaired) electrons. The van der Waals surface area contributed by atoms with E-state index in [1.807, 2.05) is 18.2 Å². The number of rotatable bonds is 3. The summed E-state index contributed by atoms with van der Waals surface area (Å²) in [6.45, 7) is 2.83. The molecule has 1 aliphatic heterocycles. The lowest BCUT2D eigenvalue weighted by Gasteiger charge is -2.30. The summed E-state index contributed by atoms with van der Waals surface area (Å²) < 4.78 is 40.5. The zero-order chi connectivity index (χ0) is 20.8. The molecule has 2 aromatic heterocycles. The number of hydrogen-bond donors (Lipinski definition) is 0. The molecular formula is C19H16ClF3N4OS. The predicted molar refractivity (Wildman–Crippen MR) is 104 cm³/mol. The molecular weight excluding hydrogens is 425 g/mol. The van der Waals surface area contributed by atoms with Gasteiger partial charge in [-0.15, -0.1) is 10.2 Å². The van der Waals surface area contributed by atoms with Crippen molar-refractivity contribution in [3.8, 4) is 0 Å². The van der Waals surface area contributed by atoms with Crippen molar-refractivity contribution in [2.24, 2.45) is 0 Å². The Kier molecular flexibility index (Phi) is 5.20. The molecule has 0 aliphatic carbocycles. The van der Waals surface area contributed by atoms with E-state index in [0.717, 1.165) is 36.0 Å². The minimum atomic E-state index is -4.55. The minimum absolute atomic E-state index is 0.0978. The summed E-state index contributed by atoms with van der Waals surface area (Å²) in [4.78, 5) is 14.7. The highest BCUT2D eigenvalue weighted by Gasteiger charge is 2.33. The van der Waals surface area contributed by atoms with Crippen LogP contribution in [0.25, 0.3) is 5.65 Å². The van der Waals surface area contributed by atoms with Crippen molar-refractivity contribution in [2.45, 2.75) is 36.5 Å². The average molecular weight is 441 g/mol. The van der Waals surface area contributed by atoms with Crippen LogP contribution in [0.3, 0.4) is 0 Å². The number of nitrogens with zero attached hydrogens (tertiary/aromatic N) is 4. The molecule has 0 fully saturated rings. The van der Waals surface area contributed by atoms with E-state index in [2.05, 4.69) is 16.3 Å². The van der Waals surface area contributed by atoms with E-state index in [4.69, 9.17) is 11.6 Å². The Hall–Kier alpha value is -2.26. The summed E-state index contributed by atoms with van der Waals surface area (Å²) in [6.07, 6.45) is -2.87. The van der Waals surface area contributed by atoms with Gasteiger partial charge in [-0.25, -0.2) is 0 Å². The molecule has 4 rings (SSSR count). The van der Waals surface area contributed by atoms with E-state index in [1.54, 1.807) is 11.8 Å². The number of pyridine rings is 1. The average Bonchev–Trinajstić information content (AvgIpc) is 3.09. The van der Waals surface area contributed by atoms with E-state index >= 15 is 0 Å². The summed E-state index contributed by atoms with van der Waals surface area (Å²) in [7, 11) is 0. The Labute approximate surface area is 173 Å². The molecule has 10 heteroatoms. The first-order valence-electron chi connectivity index (χ1n) is 8.88. The third-order valence-electron chi connectivity index (χ3n) is 4.83. The molecule has 29 heavy (non-hydrogen) atoms. The highest BCUT2D eigenvalue weighted by molar-refractivity contribution is 8.00. The zero-order valence-electron chi connectivity index (χ0n) is 15.3. The number of halogens is 4. The van der Waals surface area contributed by atoms with Crippen LogP contribution in [0.5, 0.6) is 0 Å². The zero-order valence-corrected chi connectivity index (χ0v) is 16.9. The number of aromatic nitrogens is 3. The molecule has 1 atom stereocenters. The van der Waals surface area contributed by atoms with Crippen LogP contribution in [0.1, 0.15) is 23.6 Å². The summed E-state index contributed by atoms with van der Waals surface area (Å²) in [6, 6.07) is 8.79. The number of carbonyl (C=O) groups excluding carboxylic acids is 1. The maximum Gasteiger partial charge on any atom is 0.417 e. The minimum Gasteiger partial charge on any atom is -0.337 e. The highest BCUT2D eigenvalue weighted by atomic mass is 35.5. The second-order valence-electron chi connectivity index (χ2n) is 6.79. The van der Waals surface area contributed by atoms with Gasteiger partial charge >= 0.3 is 6.18 Å². The van der Waals surface area contributed by atoms with E-state index in [0.29, 0.717) is 13.1 Å². The van der Waals surface area contributed by atoms with Crippen LogP contribution in [0.2, 0.25) is 5.02 Å². The Balaban J connectivity index is 1.55. The molecule has 0 saturated carbocycles. The lowest BCUT2D eigenvalue weighted by atomic mass is 10.00. The largest absolute Gasteiger partial charge is 0.417 e. The van der Waals surface area contributed by atoms with Gasteiger partial charge in [-0.1, -0.05) is 47.6 Å². The Morgan fingerprint density at radius 3 is 2.69 bits per heavy atom.